The molecule has 2 saturated heterocycles. The third kappa shape index (κ3) is 4.62. The van der Waals surface area contributed by atoms with E-state index < -0.39 is 0 Å². The zero-order chi connectivity index (χ0) is 11.9. The van der Waals surface area contributed by atoms with Crippen LogP contribution in [0.4, 0.5) is 4.79 Å². The highest BCUT2D eigenvalue weighted by Gasteiger charge is 2.18. The van der Waals surface area contributed by atoms with Crippen molar-refractivity contribution < 1.29 is 4.79 Å². The molecular formula is C12H22N2OS2. The summed E-state index contributed by atoms with van der Waals surface area (Å²) in [5, 5.41) is 3.72. The number of amides is 2. The number of carbonyl (C=O) groups is 1. The Hall–Kier alpha value is -0.0300. The Morgan fingerprint density at radius 3 is 2.59 bits per heavy atom. The molecule has 1 unspecified atom stereocenters. The number of carbonyl (C=O) groups excluding carboxylic acids is 1. The lowest BCUT2D eigenvalue weighted by Crippen LogP contribution is -2.43. The lowest BCUT2D eigenvalue weighted by molar-refractivity contribution is 0.200. The van der Waals surface area contributed by atoms with E-state index in [1.807, 2.05) is 28.4 Å². The van der Waals surface area contributed by atoms with Crippen molar-refractivity contribution in [2.75, 3.05) is 36.9 Å². The molecule has 0 aromatic heterocycles. The van der Waals surface area contributed by atoms with Crippen molar-refractivity contribution in [3.8, 4) is 0 Å². The summed E-state index contributed by atoms with van der Waals surface area (Å²) in [5.41, 5.74) is 0. The van der Waals surface area contributed by atoms with Crippen LogP contribution in [-0.4, -0.2) is 53.1 Å². The van der Waals surface area contributed by atoms with Gasteiger partial charge in [0.15, 0.2) is 0 Å². The maximum absolute atomic E-state index is 12.0. The van der Waals surface area contributed by atoms with Crippen LogP contribution in [0.25, 0.3) is 0 Å². The molecule has 2 aliphatic rings. The molecular weight excluding hydrogens is 252 g/mol. The quantitative estimate of drug-likeness (QED) is 0.839. The van der Waals surface area contributed by atoms with Gasteiger partial charge in [-0.2, -0.15) is 23.5 Å². The van der Waals surface area contributed by atoms with Gasteiger partial charge in [0.05, 0.1) is 0 Å². The number of hydrogen-bond acceptors (Lipinski definition) is 3. The van der Waals surface area contributed by atoms with E-state index in [0.29, 0.717) is 5.25 Å². The van der Waals surface area contributed by atoms with Crippen LogP contribution in [0.1, 0.15) is 25.7 Å². The van der Waals surface area contributed by atoms with Crippen LogP contribution < -0.4 is 5.32 Å². The molecule has 0 bridgehead atoms. The molecule has 2 heterocycles. The summed E-state index contributed by atoms with van der Waals surface area (Å²) in [5.74, 6) is 3.68. The van der Waals surface area contributed by atoms with Crippen molar-refractivity contribution in [1.82, 2.24) is 10.2 Å². The molecule has 0 radical (unpaired) electrons. The third-order valence-corrected chi connectivity index (χ3v) is 6.10. The van der Waals surface area contributed by atoms with Crippen LogP contribution in [0.15, 0.2) is 0 Å². The van der Waals surface area contributed by atoms with Gasteiger partial charge in [-0.1, -0.05) is 12.8 Å². The number of likely N-dealkylation sites (tertiary alicyclic amines) is 1. The van der Waals surface area contributed by atoms with Crippen LogP contribution in [0, 0.1) is 0 Å². The van der Waals surface area contributed by atoms with Gasteiger partial charge in [0.25, 0.3) is 0 Å². The Bertz CT molecular complexity index is 237. The summed E-state index contributed by atoms with van der Waals surface area (Å²) >= 11 is 4.01. The molecule has 0 saturated carbocycles. The summed E-state index contributed by atoms with van der Waals surface area (Å²) in [6.07, 6.45) is 4.89. The van der Waals surface area contributed by atoms with Crippen molar-refractivity contribution in [3.05, 3.63) is 0 Å². The van der Waals surface area contributed by atoms with Crippen molar-refractivity contribution in [3.63, 3.8) is 0 Å². The summed E-state index contributed by atoms with van der Waals surface area (Å²) < 4.78 is 0. The number of thioether (sulfide) groups is 2. The van der Waals surface area contributed by atoms with Crippen LogP contribution in [0.5, 0.6) is 0 Å². The van der Waals surface area contributed by atoms with Gasteiger partial charge in [-0.05, 0) is 12.8 Å². The molecule has 1 atom stereocenters. The number of urea groups is 1. The van der Waals surface area contributed by atoms with Gasteiger partial charge < -0.3 is 10.2 Å². The van der Waals surface area contributed by atoms with E-state index in [9.17, 15) is 4.79 Å². The molecule has 1 N–H and O–H groups in total. The second kappa shape index (κ2) is 7.41. The van der Waals surface area contributed by atoms with Gasteiger partial charge in [0.2, 0.25) is 0 Å². The Labute approximate surface area is 112 Å². The maximum Gasteiger partial charge on any atom is 0.317 e. The predicted molar refractivity (Wildman–Crippen MR) is 77.0 cm³/mol. The molecule has 3 nitrogen and oxygen atoms in total. The topological polar surface area (TPSA) is 32.3 Å². The van der Waals surface area contributed by atoms with E-state index in [-0.39, 0.29) is 6.03 Å². The molecule has 2 fully saturated rings. The average molecular weight is 274 g/mol. The fourth-order valence-electron chi connectivity index (χ4n) is 2.24. The maximum atomic E-state index is 12.0. The van der Waals surface area contributed by atoms with Crippen LogP contribution in [0.2, 0.25) is 0 Å². The molecule has 0 spiro atoms. The van der Waals surface area contributed by atoms with E-state index in [0.717, 1.165) is 19.6 Å². The average Bonchev–Trinajstić information content (AvgIpc) is 2.66. The van der Waals surface area contributed by atoms with E-state index in [2.05, 4.69) is 5.32 Å². The molecule has 2 aliphatic heterocycles. The smallest absolute Gasteiger partial charge is 0.317 e. The van der Waals surface area contributed by atoms with Crippen molar-refractivity contribution in [2.45, 2.75) is 30.9 Å². The monoisotopic (exact) mass is 274 g/mol. The fourth-order valence-corrected chi connectivity index (χ4v) is 4.85. The van der Waals surface area contributed by atoms with Crippen molar-refractivity contribution in [1.29, 1.82) is 0 Å². The van der Waals surface area contributed by atoms with E-state index in [1.54, 1.807) is 0 Å². The number of hydrogen-bond donors (Lipinski definition) is 1. The Kier molecular flexibility index (Phi) is 5.85. The van der Waals surface area contributed by atoms with Gasteiger partial charge in [0, 0.05) is 42.1 Å². The minimum atomic E-state index is 0.156. The molecule has 0 aromatic rings. The Morgan fingerprint density at radius 2 is 1.94 bits per heavy atom. The van der Waals surface area contributed by atoms with Crippen LogP contribution in [0.3, 0.4) is 0 Å². The zero-order valence-corrected chi connectivity index (χ0v) is 12.0. The highest BCUT2D eigenvalue weighted by molar-refractivity contribution is 8.06. The lowest BCUT2D eigenvalue weighted by atomic mass is 10.2. The minimum absolute atomic E-state index is 0.156. The zero-order valence-electron chi connectivity index (χ0n) is 10.3. The highest BCUT2D eigenvalue weighted by Crippen LogP contribution is 2.23. The van der Waals surface area contributed by atoms with Gasteiger partial charge in [-0.15, -0.1) is 0 Å². The molecule has 0 aromatic carbocycles. The van der Waals surface area contributed by atoms with Gasteiger partial charge >= 0.3 is 6.03 Å². The fraction of sp³-hybridized carbons (Fsp3) is 0.917. The highest BCUT2D eigenvalue weighted by atomic mass is 32.2. The first kappa shape index (κ1) is 13.4. The van der Waals surface area contributed by atoms with Gasteiger partial charge in [-0.3, -0.25) is 0 Å². The molecule has 5 heteroatoms. The second-order valence-corrected chi connectivity index (χ2v) is 7.21. The first-order valence-electron chi connectivity index (χ1n) is 6.58. The molecule has 0 aliphatic carbocycles. The summed E-state index contributed by atoms with van der Waals surface area (Å²) in [6.45, 7) is 2.73. The van der Waals surface area contributed by atoms with E-state index >= 15 is 0 Å². The number of nitrogens with one attached hydrogen (secondary N) is 1. The Morgan fingerprint density at radius 1 is 1.18 bits per heavy atom. The van der Waals surface area contributed by atoms with Crippen LogP contribution >= 0.6 is 23.5 Å². The molecule has 2 rings (SSSR count). The number of rotatable bonds is 2. The second-order valence-electron chi connectivity index (χ2n) is 4.66. The van der Waals surface area contributed by atoms with Crippen molar-refractivity contribution in [2.24, 2.45) is 0 Å². The number of nitrogens with zero attached hydrogens (tertiary/aromatic N) is 1. The lowest BCUT2D eigenvalue weighted by Gasteiger charge is -2.24. The van der Waals surface area contributed by atoms with Gasteiger partial charge in [0.1, 0.15) is 0 Å². The summed E-state index contributed by atoms with van der Waals surface area (Å²) in [7, 11) is 0. The third-order valence-electron chi connectivity index (χ3n) is 3.26. The largest absolute Gasteiger partial charge is 0.337 e. The summed E-state index contributed by atoms with van der Waals surface area (Å²) in [6, 6.07) is 0.156. The Balaban J connectivity index is 1.68. The first-order valence-corrected chi connectivity index (χ1v) is 8.79. The van der Waals surface area contributed by atoms with Gasteiger partial charge in [-0.25, -0.2) is 4.79 Å². The van der Waals surface area contributed by atoms with Crippen molar-refractivity contribution >= 4 is 29.6 Å². The molecule has 2 amide bonds. The van der Waals surface area contributed by atoms with Crippen LogP contribution in [-0.2, 0) is 0 Å². The van der Waals surface area contributed by atoms with E-state index in [1.165, 1.54) is 42.9 Å². The van der Waals surface area contributed by atoms with E-state index in [4.69, 9.17) is 0 Å². The minimum Gasteiger partial charge on any atom is -0.337 e. The molecule has 98 valence electrons. The summed E-state index contributed by atoms with van der Waals surface area (Å²) in [4.78, 5) is 14.0. The molecule has 17 heavy (non-hydrogen) atoms. The first-order chi connectivity index (χ1) is 8.36. The SMILES string of the molecule is O=C(NCC1CSCCS1)N1CCCCCC1. The standard InChI is InChI=1S/C12H22N2OS2/c15-12(14-5-3-1-2-4-6-14)13-9-11-10-16-7-8-17-11/h11H,1-10H2,(H,13,15). The normalized spacial score (nSPS) is 26.4. The predicted octanol–water partition coefficient (Wildman–Crippen LogP) is 2.42.